The van der Waals surface area contributed by atoms with Gasteiger partial charge in [-0.2, -0.15) is 0 Å². The third kappa shape index (κ3) is 5.34. The molecule has 0 unspecified atom stereocenters. The molecule has 0 bridgehead atoms. The number of aromatic nitrogens is 2. The summed E-state index contributed by atoms with van der Waals surface area (Å²) in [6.07, 6.45) is 8.97. The van der Waals surface area contributed by atoms with E-state index in [0.717, 1.165) is 55.8 Å². The summed E-state index contributed by atoms with van der Waals surface area (Å²) in [5.41, 5.74) is 2.50. The first-order valence-electron chi connectivity index (χ1n) is 11.6. The van der Waals surface area contributed by atoms with Crippen LogP contribution in [0.3, 0.4) is 0 Å². The Morgan fingerprint density at radius 2 is 1.91 bits per heavy atom. The van der Waals surface area contributed by atoms with E-state index in [-0.39, 0.29) is 17.9 Å². The molecule has 172 valence electrons. The maximum absolute atomic E-state index is 13.0. The molecule has 2 aliphatic rings. The lowest BCUT2D eigenvalue weighted by Gasteiger charge is -2.35. The summed E-state index contributed by atoms with van der Waals surface area (Å²) < 4.78 is 5.23. The van der Waals surface area contributed by atoms with E-state index in [9.17, 15) is 9.59 Å². The lowest BCUT2D eigenvalue weighted by Crippen LogP contribution is -2.48. The topological polar surface area (TPSA) is 88.3 Å². The molecule has 2 fully saturated rings. The largest absolute Gasteiger partial charge is 0.361 e. The Bertz CT molecular complexity index is 927. The van der Waals surface area contributed by atoms with E-state index >= 15 is 0 Å². The van der Waals surface area contributed by atoms with Crippen LogP contribution >= 0.6 is 11.8 Å². The molecule has 1 saturated heterocycles. The highest BCUT2D eigenvalue weighted by Crippen LogP contribution is 2.28. The number of nitrogens with one attached hydrogen (secondary N) is 1. The lowest BCUT2D eigenvalue weighted by atomic mass is 9.87. The van der Waals surface area contributed by atoms with Gasteiger partial charge in [0.2, 0.25) is 5.91 Å². The summed E-state index contributed by atoms with van der Waals surface area (Å²) in [5.74, 6) is 1.88. The molecule has 3 heterocycles. The molecule has 1 N–H and O–H groups in total. The number of hydrogen-bond acceptors (Lipinski definition) is 6. The average molecular weight is 457 g/mol. The van der Waals surface area contributed by atoms with Gasteiger partial charge in [0.25, 0.3) is 5.91 Å². The van der Waals surface area contributed by atoms with E-state index in [1.807, 2.05) is 24.8 Å². The molecule has 7 nitrogen and oxygen atoms in total. The highest BCUT2D eigenvalue weighted by molar-refractivity contribution is 7.98. The number of piperidine rings is 1. The Hall–Kier alpha value is -2.35. The van der Waals surface area contributed by atoms with Gasteiger partial charge in [-0.25, -0.2) is 4.98 Å². The van der Waals surface area contributed by atoms with Crippen LogP contribution in [-0.2, 0) is 10.5 Å². The van der Waals surface area contributed by atoms with Crippen molar-refractivity contribution in [3.63, 3.8) is 0 Å². The first-order valence-corrected chi connectivity index (χ1v) is 12.6. The Labute approximate surface area is 193 Å². The van der Waals surface area contributed by atoms with Crippen molar-refractivity contribution < 1.29 is 14.1 Å². The monoisotopic (exact) mass is 456 g/mol. The number of thioether (sulfide) groups is 1. The van der Waals surface area contributed by atoms with Gasteiger partial charge in [0.1, 0.15) is 10.8 Å². The van der Waals surface area contributed by atoms with Crippen molar-refractivity contribution in [1.29, 1.82) is 0 Å². The van der Waals surface area contributed by atoms with E-state index in [4.69, 9.17) is 4.52 Å². The molecule has 0 atom stereocenters. The molecule has 0 radical (unpaired) electrons. The second-order valence-electron chi connectivity index (χ2n) is 8.86. The Balaban J connectivity index is 1.31. The molecule has 0 aromatic carbocycles. The van der Waals surface area contributed by atoms with Gasteiger partial charge >= 0.3 is 0 Å². The van der Waals surface area contributed by atoms with Crippen LogP contribution < -0.4 is 5.32 Å². The molecule has 2 aromatic rings. The average Bonchev–Trinajstić information content (AvgIpc) is 3.15. The smallest absolute Gasteiger partial charge is 0.254 e. The minimum atomic E-state index is -0.101. The summed E-state index contributed by atoms with van der Waals surface area (Å²) in [5, 5.41) is 7.87. The number of carbonyl (C=O) groups excluding carboxylic acids is 2. The first kappa shape index (κ1) is 22.8. The highest BCUT2D eigenvalue weighted by Gasteiger charge is 2.30. The van der Waals surface area contributed by atoms with Crippen molar-refractivity contribution in [2.45, 2.75) is 75.6 Å². The predicted octanol–water partition coefficient (Wildman–Crippen LogP) is 4.28. The van der Waals surface area contributed by atoms with Gasteiger partial charge in [0.05, 0.1) is 11.3 Å². The van der Waals surface area contributed by atoms with E-state index in [1.54, 1.807) is 12.3 Å². The summed E-state index contributed by atoms with van der Waals surface area (Å²) in [6, 6.07) is 3.69. The Morgan fingerprint density at radius 3 is 2.59 bits per heavy atom. The SMILES string of the molecule is Cc1noc(C)c1CSc1ncccc1C(=O)NC1CCN(C(=O)C2CCCCC2)CC1. The second kappa shape index (κ2) is 10.5. The van der Waals surface area contributed by atoms with Gasteiger partial charge in [-0.1, -0.05) is 24.4 Å². The number of rotatable bonds is 6. The van der Waals surface area contributed by atoms with Gasteiger partial charge in [-0.05, 0) is 51.7 Å². The van der Waals surface area contributed by atoms with E-state index < -0.39 is 0 Å². The number of carbonyl (C=O) groups is 2. The van der Waals surface area contributed by atoms with Gasteiger partial charge in [-0.15, -0.1) is 11.8 Å². The number of pyridine rings is 1. The number of aryl methyl sites for hydroxylation is 2. The number of hydrogen-bond donors (Lipinski definition) is 1. The molecule has 1 aliphatic heterocycles. The molecule has 2 aromatic heterocycles. The minimum absolute atomic E-state index is 0.0820. The third-order valence-corrected chi connectivity index (χ3v) is 7.68. The zero-order valence-corrected chi connectivity index (χ0v) is 19.7. The van der Waals surface area contributed by atoms with Crippen LogP contribution in [0, 0.1) is 19.8 Å². The molecule has 4 rings (SSSR count). The van der Waals surface area contributed by atoms with Crippen molar-refractivity contribution >= 4 is 23.6 Å². The fraction of sp³-hybridized carbons (Fsp3) is 0.583. The molecular weight excluding hydrogens is 424 g/mol. The third-order valence-electron chi connectivity index (χ3n) is 6.65. The van der Waals surface area contributed by atoms with E-state index in [0.29, 0.717) is 22.2 Å². The summed E-state index contributed by atoms with van der Waals surface area (Å²) in [7, 11) is 0. The normalized spacial score (nSPS) is 18.0. The van der Waals surface area contributed by atoms with Crippen LogP contribution in [0.5, 0.6) is 0 Å². The first-order chi connectivity index (χ1) is 15.5. The van der Waals surface area contributed by atoms with Crippen molar-refractivity contribution in [3.05, 3.63) is 40.9 Å². The summed E-state index contributed by atoms with van der Waals surface area (Å²) >= 11 is 1.52. The van der Waals surface area contributed by atoms with Crippen molar-refractivity contribution in [2.24, 2.45) is 5.92 Å². The quantitative estimate of drug-likeness (QED) is 0.653. The second-order valence-corrected chi connectivity index (χ2v) is 9.82. The van der Waals surface area contributed by atoms with Crippen LogP contribution in [0.1, 0.15) is 72.3 Å². The van der Waals surface area contributed by atoms with Crippen molar-refractivity contribution in [2.75, 3.05) is 13.1 Å². The van der Waals surface area contributed by atoms with Crippen LogP contribution in [0.4, 0.5) is 0 Å². The zero-order valence-electron chi connectivity index (χ0n) is 18.9. The van der Waals surface area contributed by atoms with Crippen LogP contribution in [0.2, 0.25) is 0 Å². The zero-order chi connectivity index (χ0) is 22.5. The molecule has 1 aliphatic carbocycles. The summed E-state index contributed by atoms with van der Waals surface area (Å²) in [4.78, 5) is 32.2. The number of nitrogens with zero attached hydrogens (tertiary/aromatic N) is 3. The molecule has 0 spiro atoms. The Kier molecular flexibility index (Phi) is 7.50. The van der Waals surface area contributed by atoms with Crippen molar-refractivity contribution in [1.82, 2.24) is 20.4 Å². The lowest BCUT2D eigenvalue weighted by molar-refractivity contribution is -0.137. The van der Waals surface area contributed by atoms with Gasteiger partial charge in [0.15, 0.2) is 0 Å². The Morgan fingerprint density at radius 1 is 1.16 bits per heavy atom. The van der Waals surface area contributed by atoms with Crippen LogP contribution in [0.25, 0.3) is 0 Å². The molecule has 8 heteroatoms. The van der Waals surface area contributed by atoms with Gasteiger partial charge < -0.3 is 14.7 Å². The maximum Gasteiger partial charge on any atom is 0.254 e. The predicted molar refractivity (Wildman–Crippen MR) is 123 cm³/mol. The van der Waals surface area contributed by atoms with E-state index in [2.05, 4.69) is 15.5 Å². The van der Waals surface area contributed by atoms with Crippen molar-refractivity contribution in [3.8, 4) is 0 Å². The molecule has 32 heavy (non-hydrogen) atoms. The number of likely N-dealkylation sites (tertiary alicyclic amines) is 1. The maximum atomic E-state index is 13.0. The number of amides is 2. The standard InChI is InChI=1S/C24H32N4O3S/c1-16-21(17(2)31-27-16)15-32-23-20(9-6-12-25-23)22(29)26-19-10-13-28(14-11-19)24(30)18-7-4-3-5-8-18/h6,9,12,18-19H,3-5,7-8,10-11,13-15H2,1-2H3,(H,26,29). The highest BCUT2D eigenvalue weighted by atomic mass is 32.2. The molecule has 2 amide bonds. The van der Waals surface area contributed by atoms with Crippen LogP contribution in [-0.4, -0.2) is 46.0 Å². The van der Waals surface area contributed by atoms with Gasteiger partial charge in [0, 0.05) is 42.6 Å². The van der Waals surface area contributed by atoms with E-state index in [1.165, 1.54) is 31.0 Å². The summed E-state index contributed by atoms with van der Waals surface area (Å²) in [6.45, 7) is 5.26. The van der Waals surface area contributed by atoms with Crippen LogP contribution in [0.15, 0.2) is 27.9 Å². The molecule has 1 saturated carbocycles. The molecular formula is C24H32N4O3S. The van der Waals surface area contributed by atoms with Gasteiger partial charge in [-0.3, -0.25) is 9.59 Å². The minimum Gasteiger partial charge on any atom is -0.361 e. The fourth-order valence-electron chi connectivity index (χ4n) is 4.64. The fourth-order valence-corrected chi connectivity index (χ4v) is 5.79.